The third kappa shape index (κ3) is 6.82. The number of nitrogens with one attached hydrogen (secondary N) is 4. The molecular weight excluding hydrogens is 494 g/mol. The first-order valence-electron chi connectivity index (χ1n) is 16.1. The molecule has 0 aromatic rings. The maximum atomic E-state index is 13.0. The molecule has 3 saturated carbocycles. The Hall–Kier alpha value is -0.810. The van der Waals surface area contributed by atoms with Gasteiger partial charge in [0, 0.05) is 38.1 Å². The fourth-order valence-electron chi connectivity index (χ4n) is 8.89. The molecule has 11 atom stereocenters. The van der Waals surface area contributed by atoms with E-state index in [4.69, 9.17) is 9.47 Å². The number of aliphatic hydroxyl groups is 1. The lowest BCUT2D eigenvalue weighted by atomic mass is 9.68. The van der Waals surface area contributed by atoms with Crippen LogP contribution in [0, 0.1) is 35.5 Å². The summed E-state index contributed by atoms with van der Waals surface area (Å²) in [7, 11) is 0. The summed E-state index contributed by atoms with van der Waals surface area (Å²) in [5.41, 5.74) is 0. The summed E-state index contributed by atoms with van der Waals surface area (Å²) in [6.45, 7) is 8.53. The molecule has 10 unspecified atom stereocenters. The van der Waals surface area contributed by atoms with Crippen molar-refractivity contribution in [1.82, 2.24) is 26.2 Å². The van der Waals surface area contributed by atoms with Gasteiger partial charge in [0.15, 0.2) is 0 Å². The molecule has 9 heteroatoms. The topological polar surface area (TPSA) is 107 Å². The standard InChI is InChI=1S/C30H53N5O4/c1-19-25-8-10-35(15-22(25)5-6-28(19)38-17-24-14-31-18-39-24)16-23(36)13-33-30(37)21-7-9-32-29(12-21)34-27-11-20-3-2-4-26(20)27/h19-29,31-32,34,36H,2-18H2,1H3,(H,33,37)/t19?,20?,21?,22?,23-,24?,25?,26?,27?,28?,29?/m0/s1. The van der Waals surface area contributed by atoms with Gasteiger partial charge in [-0.15, -0.1) is 0 Å². The van der Waals surface area contributed by atoms with Gasteiger partial charge in [-0.3, -0.25) is 15.4 Å². The molecular formula is C30H53N5O4. The SMILES string of the molecule is CC1C(OCC2CNCO2)CCC2CN(C[C@@H](O)CNC(=O)C3CCNC(NC4CC5CCCC54)C3)CCC21. The molecule has 3 saturated heterocycles. The van der Waals surface area contributed by atoms with Crippen molar-refractivity contribution in [2.45, 2.75) is 95.2 Å². The van der Waals surface area contributed by atoms with Crippen LogP contribution in [-0.2, 0) is 14.3 Å². The Balaban J connectivity index is 0.881. The highest BCUT2D eigenvalue weighted by molar-refractivity contribution is 5.78. The molecule has 0 aromatic heterocycles. The smallest absolute Gasteiger partial charge is 0.223 e. The number of rotatable bonds is 10. The Morgan fingerprint density at radius 2 is 2.05 bits per heavy atom. The zero-order chi connectivity index (χ0) is 26.8. The average Bonchev–Trinajstić information content (AvgIpc) is 3.60. The zero-order valence-corrected chi connectivity index (χ0v) is 24.0. The predicted octanol–water partition coefficient (Wildman–Crippen LogP) is 1.27. The van der Waals surface area contributed by atoms with Gasteiger partial charge in [0.2, 0.25) is 5.91 Å². The van der Waals surface area contributed by atoms with E-state index in [0.29, 0.717) is 56.3 Å². The molecule has 6 aliphatic rings. The number of amides is 1. The lowest BCUT2D eigenvalue weighted by Gasteiger charge is -2.47. The summed E-state index contributed by atoms with van der Waals surface area (Å²) in [4.78, 5) is 15.4. The zero-order valence-electron chi connectivity index (χ0n) is 24.0. The molecule has 5 N–H and O–H groups in total. The van der Waals surface area contributed by atoms with Crippen LogP contribution >= 0.6 is 0 Å². The number of hydrogen-bond donors (Lipinski definition) is 5. The van der Waals surface area contributed by atoms with Crippen molar-refractivity contribution in [3.63, 3.8) is 0 Å². The largest absolute Gasteiger partial charge is 0.390 e. The van der Waals surface area contributed by atoms with Crippen molar-refractivity contribution in [3.8, 4) is 0 Å². The molecule has 0 aromatic carbocycles. The minimum atomic E-state index is -0.521. The van der Waals surface area contributed by atoms with Gasteiger partial charge in [0.25, 0.3) is 0 Å². The minimum absolute atomic E-state index is 0.0292. The highest BCUT2D eigenvalue weighted by Crippen LogP contribution is 2.47. The van der Waals surface area contributed by atoms with Crippen molar-refractivity contribution >= 4 is 5.91 Å². The lowest BCUT2D eigenvalue weighted by molar-refractivity contribution is -0.127. The Kier molecular flexibility index (Phi) is 9.45. The van der Waals surface area contributed by atoms with E-state index < -0.39 is 6.10 Å². The van der Waals surface area contributed by atoms with E-state index in [1.165, 1.54) is 32.1 Å². The van der Waals surface area contributed by atoms with Crippen molar-refractivity contribution in [1.29, 1.82) is 0 Å². The fourth-order valence-corrected chi connectivity index (χ4v) is 8.89. The summed E-state index contributed by atoms with van der Waals surface area (Å²) in [5.74, 6) is 3.89. The van der Waals surface area contributed by atoms with Crippen LogP contribution in [0.2, 0.25) is 0 Å². The maximum Gasteiger partial charge on any atom is 0.223 e. The maximum absolute atomic E-state index is 13.0. The minimum Gasteiger partial charge on any atom is -0.390 e. The molecule has 0 radical (unpaired) electrons. The molecule has 222 valence electrons. The van der Waals surface area contributed by atoms with Gasteiger partial charge >= 0.3 is 0 Å². The number of β-amino-alcohol motifs (C(OH)–C–C–N with tert-alkyl or cyclic N) is 1. The number of ether oxygens (including phenoxy) is 2. The van der Waals surface area contributed by atoms with E-state index in [1.54, 1.807) is 0 Å². The molecule has 0 spiro atoms. The van der Waals surface area contributed by atoms with Crippen molar-refractivity contribution in [2.24, 2.45) is 35.5 Å². The predicted molar refractivity (Wildman–Crippen MR) is 150 cm³/mol. The fraction of sp³-hybridized carbons (Fsp3) is 0.967. The summed E-state index contributed by atoms with van der Waals surface area (Å²) in [6, 6.07) is 0.636. The van der Waals surface area contributed by atoms with E-state index in [1.807, 2.05) is 0 Å². The molecule has 6 rings (SSSR count). The molecule has 3 aliphatic heterocycles. The molecule has 39 heavy (non-hydrogen) atoms. The van der Waals surface area contributed by atoms with Crippen molar-refractivity contribution in [3.05, 3.63) is 0 Å². The van der Waals surface area contributed by atoms with Crippen LogP contribution in [0.1, 0.15) is 64.7 Å². The molecule has 9 nitrogen and oxygen atoms in total. The first-order valence-corrected chi connectivity index (χ1v) is 16.1. The van der Waals surface area contributed by atoms with Gasteiger partial charge in [0.1, 0.15) is 0 Å². The van der Waals surface area contributed by atoms with Crippen LogP contribution < -0.4 is 21.3 Å². The van der Waals surface area contributed by atoms with Crippen LogP contribution in [0.15, 0.2) is 0 Å². The second-order valence-corrected chi connectivity index (χ2v) is 13.7. The van der Waals surface area contributed by atoms with Crippen LogP contribution in [0.5, 0.6) is 0 Å². The number of hydrogen-bond acceptors (Lipinski definition) is 8. The van der Waals surface area contributed by atoms with E-state index in [2.05, 4.69) is 33.1 Å². The number of carbonyl (C=O) groups excluding carboxylic acids is 1. The molecule has 1 amide bonds. The van der Waals surface area contributed by atoms with Crippen LogP contribution in [0.25, 0.3) is 0 Å². The Morgan fingerprint density at radius 3 is 2.90 bits per heavy atom. The highest BCUT2D eigenvalue weighted by Gasteiger charge is 2.45. The molecule has 3 heterocycles. The first kappa shape index (κ1) is 28.3. The Bertz CT molecular complexity index is 812. The quantitative estimate of drug-likeness (QED) is 0.278. The van der Waals surface area contributed by atoms with Gasteiger partial charge in [-0.25, -0.2) is 0 Å². The Morgan fingerprint density at radius 1 is 1.13 bits per heavy atom. The third-order valence-corrected chi connectivity index (χ3v) is 11.2. The average molecular weight is 548 g/mol. The number of fused-ring (bicyclic) bond motifs is 2. The summed E-state index contributed by atoms with van der Waals surface area (Å²) >= 11 is 0. The van der Waals surface area contributed by atoms with Gasteiger partial charge in [0.05, 0.1) is 37.8 Å². The summed E-state index contributed by atoms with van der Waals surface area (Å²) in [5, 5.41) is 24.5. The normalized spacial score (nSPS) is 43.3. The van der Waals surface area contributed by atoms with Gasteiger partial charge < -0.3 is 30.1 Å². The Labute approximate surface area is 234 Å². The van der Waals surface area contributed by atoms with E-state index in [0.717, 1.165) is 63.7 Å². The van der Waals surface area contributed by atoms with Crippen LogP contribution in [-0.4, -0.2) is 99.0 Å². The summed E-state index contributed by atoms with van der Waals surface area (Å²) < 4.78 is 12.0. The van der Waals surface area contributed by atoms with Crippen molar-refractivity contribution < 1.29 is 19.4 Å². The number of likely N-dealkylation sites (tertiary alicyclic amines) is 1. The van der Waals surface area contributed by atoms with E-state index in [9.17, 15) is 9.90 Å². The first-order chi connectivity index (χ1) is 19.0. The number of carbonyl (C=O) groups is 1. The van der Waals surface area contributed by atoms with Gasteiger partial charge in [-0.2, -0.15) is 0 Å². The van der Waals surface area contributed by atoms with Gasteiger partial charge in [-0.1, -0.05) is 19.8 Å². The number of aliphatic hydroxyl groups excluding tert-OH is 1. The van der Waals surface area contributed by atoms with Crippen LogP contribution in [0.3, 0.4) is 0 Å². The second-order valence-electron chi connectivity index (χ2n) is 13.7. The molecule has 6 fully saturated rings. The molecule has 3 aliphatic carbocycles. The van der Waals surface area contributed by atoms with E-state index >= 15 is 0 Å². The monoisotopic (exact) mass is 547 g/mol. The number of piperidine rings is 2. The second kappa shape index (κ2) is 13.0. The molecule has 0 bridgehead atoms. The lowest BCUT2D eigenvalue weighted by Crippen LogP contribution is -2.59. The summed E-state index contributed by atoms with van der Waals surface area (Å²) in [6.07, 6.45) is 10.9. The van der Waals surface area contributed by atoms with Crippen molar-refractivity contribution in [2.75, 3.05) is 52.6 Å². The van der Waals surface area contributed by atoms with Gasteiger partial charge in [-0.05, 0) is 87.6 Å². The van der Waals surface area contributed by atoms with Crippen LogP contribution in [0.4, 0.5) is 0 Å². The third-order valence-electron chi connectivity index (χ3n) is 11.2. The van der Waals surface area contributed by atoms with E-state index in [-0.39, 0.29) is 24.1 Å². The highest BCUT2D eigenvalue weighted by atomic mass is 16.5. The number of nitrogens with zero attached hydrogens (tertiary/aromatic N) is 1.